The fourth-order valence-corrected chi connectivity index (χ4v) is 1.91. The standard InChI is InChI=1S/C10H16N4O/c1-3-9(15)8(2)13-4-5-14-7-11-12-10(14)6-13/h7-8H,3-6H2,1-2H3. The maximum absolute atomic E-state index is 11.6. The molecule has 1 aromatic heterocycles. The van der Waals surface area contributed by atoms with E-state index in [1.165, 1.54) is 0 Å². The maximum atomic E-state index is 11.6. The van der Waals surface area contributed by atoms with Crippen LogP contribution in [0.15, 0.2) is 6.33 Å². The average Bonchev–Trinajstić information content (AvgIpc) is 2.73. The van der Waals surface area contributed by atoms with Gasteiger partial charge < -0.3 is 4.57 Å². The molecular formula is C10H16N4O. The van der Waals surface area contributed by atoms with Gasteiger partial charge in [-0.25, -0.2) is 0 Å². The zero-order chi connectivity index (χ0) is 10.8. The van der Waals surface area contributed by atoms with Crippen molar-refractivity contribution in [3.8, 4) is 0 Å². The van der Waals surface area contributed by atoms with Crippen LogP contribution in [-0.2, 0) is 17.9 Å². The average molecular weight is 208 g/mol. The normalized spacial score (nSPS) is 18.5. The molecule has 1 aliphatic rings. The van der Waals surface area contributed by atoms with Crippen LogP contribution < -0.4 is 0 Å². The molecule has 0 bridgehead atoms. The van der Waals surface area contributed by atoms with Gasteiger partial charge in [0.1, 0.15) is 17.9 Å². The summed E-state index contributed by atoms with van der Waals surface area (Å²) in [6, 6.07) is 0.000417. The van der Waals surface area contributed by atoms with Crippen molar-refractivity contribution >= 4 is 5.78 Å². The zero-order valence-corrected chi connectivity index (χ0v) is 9.18. The highest BCUT2D eigenvalue weighted by Gasteiger charge is 2.24. The third-order valence-electron chi connectivity index (χ3n) is 3.03. The predicted molar refractivity (Wildman–Crippen MR) is 55.2 cm³/mol. The number of nitrogens with zero attached hydrogens (tertiary/aromatic N) is 4. The summed E-state index contributed by atoms with van der Waals surface area (Å²) in [6.45, 7) is 6.39. The Kier molecular flexibility index (Phi) is 2.81. The molecule has 0 saturated heterocycles. The van der Waals surface area contributed by atoms with Crippen molar-refractivity contribution in [2.45, 2.75) is 39.4 Å². The van der Waals surface area contributed by atoms with Crippen LogP contribution in [0.5, 0.6) is 0 Å². The van der Waals surface area contributed by atoms with Gasteiger partial charge in [-0.3, -0.25) is 9.69 Å². The number of carbonyl (C=O) groups is 1. The van der Waals surface area contributed by atoms with E-state index in [1.54, 1.807) is 6.33 Å². The van der Waals surface area contributed by atoms with Crippen LogP contribution in [0.1, 0.15) is 26.1 Å². The van der Waals surface area contributed by atoms with Crippen molar-refractivity contribution in [1.29, 1.82) is 0 Å². The number of rotatable bonds is 3. The first-order valence-corrected chi connectivity index (χ1v) is 5.35. The quantitative estimate of drug-likeness (QED) is 0.724. The lowest BCUT2D eigenvalue weighted by atomic mass is 10.1. The fraction of sp³-hybridized carbons (Fsp3) is 0.700. The number of carbonyl (C=O) groups excluding carboxylic acids is 1. The molecule has 2 rings (SSSR count). The van der Waals surface area contributed by atoms with Crippen molar-refractivity contribution in [3.63, 3.8) is 0 Å². The van der Waals surface area contributed by atoms with Gasteiger partial charge in [0.2, 0.25) is 0 Å². The molecule has 5 nitrogen and oxygen atoms in total. The number of ketones is 1. The Balaban J connectivity index is 2.06. The van der Waals surface area contributed by atoms with Crippen LogP contribution in [0.25, 0.3) is 0 Å². The fourth-order valence-electron chi connectivity index (χ4n) is 1.91. The van der Waals surface area contributed by atoms with Gasteiger partial charge in [-0.05, 0) is 6.92 Å². The summed E-state index contributed by atoms with van der Waals surface area (Å²) in [6.07, 6.45) is 2.35. The highest BCUT2D eigenvalue weighted by molar-refractivity contribution is 5.83. The van der Waals surface area contributed by atoms with Crippen LogP contribution in [0.3, 0.4) is 0 Å². The topological polar surface area (TPSA) is 51.0 Å². The molecule has 1 atom stereocenters. The van der Waals surface area contributed by atoms with Gasteiger partial charge in [-0.1, -0.05) is 6.92 Å². The van der Waals surface area contributed by atoms with Crippen molar-refractivity contribution in [3.05, 3.63) is 12.2 Å². The number of Topliss-reactive ketones (excluding diaryl/α,β-unsaturated/α-hetero) is 1. The van der Waals surface area contributed by atoms with Crippen LogP contribution in [-0.4, -0.2) is 38.0 Å². The minimum atomic E-state index is 0.000417. The highest BCUT2D eigenvalue weighted by Crippen LogP contribution is 2.13. The Bertz CT molecular complexity index is 360. The molecule has 0 fully saturated rings. The summed E-state index contributed by atoms with van der Waals surface area (Å²) in [5, 5.41) is 7.90. The maximum Gasteiger partial charge on any atom is 0.149 e. The summed E-state index contributed by atoms with van der Waals surface area (Å²) < 4.78 is 2.04. The lowest BCUT2D eigenvalue weighted by molar-refractivity contribution is -0.124. The van der Waals surface area contributed by atoms with Gasteiger partial charge in [0.05, 0.1) is 12.6 Å². The van der Waals surface area contributed by atoms with E-state index in [0.717, 1.165) is 25.5 Å². The molecule has 0 saturated carbocycles. The lowest BCUT2D eigenvalue weighted by Gasteiger charge is -2.31. The first-order valence-electron chi connectivity index (χ1n) is 5.35. The van der Waals surface area contributed by atoms with Crippen molar-refractivity contribution in [1.82, 2.24) is 19.7 Å². The molecular weight excluding hydrogens is 192 g/mol. The third-order valence-corrected chi connectivity index (χ3v) is 3.03. The summed E-state index contributed by atoms with van der Waals surface area (Å²) in [5.74, 6) is 1.25. The van der Waals surface area contributed by atoms with E-state index >= 15 is 0 Å². The second-order valence-electron chi connectivity index (χ2n) is 3.91. The number of fused-ring (bicyclic) bond motifs is 1. The van der Waals surface area contributed by atoms with Crippen molar-refractivity contribution in [2.75, 3.05) is 6.54 Å². The van der Waals surface area contributed by atoms with Gasteiger partial charge in [0.15, 0.2) is 0 Å². The zero-order valence-electron chi connectivity index (χ0n) is 9.18. The highest BCUT2D eigenvalue weighted by atomic mass is 16.1. The second-order valence-corrected chi connectivity index (χ2v) is 3.91. The lowest BCUT2D eigenvalue weighted by Crippen LogP contribution is -2.43. The number of hydrogen-bond donors (Lipinski definition) is 0. The van der Waals surface area contributed by atoms with E-state index in [2.05, 4.69) is 15.1 Å². The van der Waals surface area contributed by atoms with Crippen LogP contribution in [0.2, 0.25) is 0 Å². The molecule has 5 heteroatoms. The Labute approximate surface area is 89.1 Å². The SMILES string of the molecule is CCC(=O)C(C)N1CCn2cnnc2C1. The van der Waals surface area contributed by atoms with E-state index in [4.69, 9.17) is 0 Å². The van der Waals surface area contributed by atoms with Gasteiger partial charge in [-0.15, -0.1) is 10.2 Å². The van der Waals surface area contributed by atoms with E-state index < -0.39 is 0 Å². The van der Waals surface area contributed by atoms with E-state index in [-0.39, 0.29) is 6.04 Å². The molecule has 1 unspecified atom stereocenters. The Morgan fingerprint density at radius 1 is 1.60 bits per heavy atom. The minimum absolute atomic E-state index is 0.000417. The van der Waals surface area contributed by atoms with Crippen molar-refractivity contribution in [2.24, 2.45) is 0 Å². The first-order chi connectivity index (χ1) is 7.22. The van der Waals surface area contributed by atoms with E-state index in [1.807, 2.05) is 18.4 Å². The first kappa shape index (κ1) is 10.3. The number of aromatic nitrogens is 3. The van der Waals surface area contributed by atoms with Crippen LogP contribution in [0, 0.1) is 0 Å². The van der Waals surface area contributed by atoms with Crippen LogP contribution in [0.4, 0.5) is 0 Å². The Morgan fingerprint density at radius 3 is 3.13 bits per heavy atom. The van der Waals surface area contributed by atoms with Gasteiger partial charge in [0.25, 0.3) is 0 Å². The summed E-state index contributed by atoms with van der Waals surface area (Å²) in [4.78, 5) is 13.7. The second kappa shape index (κ2) is 4.10. The minimum Gasteiger partial charge on any atom is -0.315 e. The molecule has 1 aromatic rings. The van der Waals surface area contributed by atoms with E-state index in [9.17, 15) is 4.79 Å². The summed E-state index contributed by atoms with van der Waals surface area (Å²) in [7, 11) is 0. The summed E-state index contributed by atoms with van der Waals surface area (Å²) >= 11 is 0. The molecule has 0 N–H and O–H groups in total. The molecule has 15 heavy (non-hydrogen) atoms. The number of hydrogen-bond acceptors (Lipinski definition) is 4. The van der Waals surface area contributed by atoms with Crippen molar-refractivity contribution < 1.29 is 4.79 Å². The van der Waals surface area contributed by atoms with Crippen LogP contribution >= 0.6 is 0 Å². The molecule has 1 aliphatic heterocycles. The monoisotopic (exact) mass is 208 g/mol. The predicted octanol–water partition coefficient (Wildman–Crippen LogP) is 0.461. The summed E-state index contributed by atoms with van der Waals surface area (Å²) in [5.41, 5.74) is 0. The van der Waals surface area contributed by atoms with Gasteiger partial charge >= 0.3 is 0 Å². The van der Waals surface area contributed by atoms with E-state index in [0.29, 0.717) is 12.2 Å². The Morgan fingerprint density at radius 2 is 2.40 bits per heavy atom. The van der Waals surface area contributed by atoms with Gasteiger partial charge in [-0.2, -0.15) is 0 Å². The molecule has 0 radical (unpaired) electrons. The molecule has 0 spiro atoms. The molecule has 2 heterocycles. The smallest absolute Gasteiger partial charge is 0.149 e. The van der Waals surface area contributed by atoms with Gasteiger partial charge in [0, 0.05) is 19.5 Å². The molecule has 0 aliphatic carbocycles. The largest absolute Gasteiger partial charge is 0.315 e. The Hall–Kier alpha value is -1.23. The molecule has 0 amide bonds. The molecule has 0 aromatic carbocycles. The molecule has 82 valence electrons. The third kappa shape index (κ3) is 1.92.